The van der Waals surface area contributed by atoms with Crippen molar-refractivity contribution in [2.24, 2.45) is 16.8 Å². The number of hydrogen-bond acceptors (Lipinski definition) is 5. The number of nitrogens with two attached hydrogens (primary N) is 1. The highest BCUT2D eigenvalue weighted by Gasteiger charge is 2.43. The van der Waals surface area contributed by atoms with E-state index in [2.05, 4.69) is 10.5 Å². The van der Waals surface area contributed by atoms with Crippen LogP contribution in [0.1, 0.15) is 34.4 Å². The molecule has 1 aliphatic carbocycles. The van der Waals surface area contributed by atoms with Crippen LogP contribution >= 0.6 is 22.7 Å². The molecule has 126 valence electrons. The monoisotopic (exact) mass is 363 g/mol. The lowest BCUT2D eigenvalue weighted by atomic mass is 9.70. The number of hydrazone groups is 1. The summed E-state index contributed by atoms with van der Waals surface area (Å²) in [5.74, 6) is -1.66. The van der Waals surface area contributed by atoms with Gasteiger partial charge in [-0.05, 0) is 35.7 Å². The van der Waals surface area contributed by atoms with Gasteiger partial charge in [0.2, 0.25) is 0 Å². The molecule has 2 amide bonds. The van der Waals surface area contributed by atoms with Crippen LogP contribution < -0.4 is 11.2 Å². The third-order valence-electron chi connectivity index (χ3n) is 4.20. The zero-order valence-electron chi connectivity index (χ0n) is 12.7. The smallest absolute Gasteiger partial charge is 0.332 e. The number of nitrogens with one attached hydrogen (secondary N) is 1. The minimum atomic E-state index is -0.797. The second-order valence-corrected chi connectivity index (χ2v) is 7.63. The third kappa shape index (κ3) is 3.49. The number of amides is 2. The van der Waals surface area contributed by atoms with E-state index in [1.54, 1.807) is 22.7 Å². The molecule has 1 aliphatic rings. The molecule has 0 saturated heterocycles. The molecule has 24 heavy (non-hydrogen) atoms. The van der Waals surface area contributed by atoms with Crippen LogP contribution in [0.15, 0.2) is 40.1 Å². The van der Waals surface area contributed by atoms with E-state index >= 15 is 0 Å². The fourth-order valence-electron chi connectivity index (χ4n) is 3.25. The van der Waals surface area contributed by atoms with Gasteiger partial charge in [0.1, 0.15) is 0 Å². The molecule has 3 rings (SSSR count). The number of primary amides is 1. The number of carbonyl (C=O) groups is 2. The van der Waals surface area contributed by atoms with E-state index in [-0.39, 0.29) is 11.8 Å². The predicted molar refractivity (Wildman–Crippen MR) is 94.6 cm³/mol. The number of rotatable bonds is 4. The van der Waals surface area contributed by atoms with Crippen molar-refractivity contribution < 1.29 is 14.7 Å². The molecule has 1 fully saturated rings. The van der Waals surface area contributed by atoms with Crippen molar-refractivity contribution >= 4 is 40.4 Å². The Hall–Kier alpha value is -2.19. The first-order chi connectivity index (χ1) is 11.6. The van der Waals surface area contributed by atoms with Crippen LogP contribution in [0.4, 0.5) is 4.79 Å². The second-order valence-electron chi connectivity index (χ2n) is 5.67. The summed E-state index contributed by atoms with van der Waals surface area (Å²) in [6.07, 6.45) is 0.999. The minimum Gasteiger partial charge on any atom is -0.481 e. The van der Waals surface area contributed by atoms with Crippen LogP contribution in [0, 0.1) is 5.92 Å². The van der Waals surface area contributed by atoms with Crippen molar-refractivity contribution in [2.75, 3.05) is 0 Å². The Morgan fingerprint density at radius 1 is 1.12 bits per heavy atom. The number of thiophene rings is 2. The third-order valence-corrected chi connectivity index (χ3v) is 6.21. The van der Waals surface area contributed by atoms with Gasteiger partial charge >= 0.3 is 12.0 Å². The number of hydrogen-bond donors (Lipinski definition) is 3. The molecule has 2 unspecified atom stereocenters. The summed E-state index contributed by atoms with van der Waals surface area (Å²) in [7, 11) is 0. The molecule has 0 aromatic carbocycles. The summed E-state index contributed by atoms with van der Waals surface area (Å²) in [5.41, 5.74) is 8.14. The van der Waals surface area contributed by atoms with Crippen molar-refractivity contribution in [3.8, 4) is 0 Å². The van der Waals surface area contributed by atoms with Crippen molar-refractivity contribution in [1.82, 2.24) is 5.43 Å². The zero-order chi connectivity index (χ0) is 17.1. The van der Waals surface area contributed by atoms with Crippen molar-refractivity contribution in [2.45, 2.75) is 24.7 Å². The highest BCUT2D eigenvalue weighted by molar-refractivity contribution is 7.10. The Balaban J connectivity index is 1.99. The van der Waals surface area contributed by atoms with Gasteiger partial charge in [-0.1, -0.05) is 12.1 Å². The van der Waals surface area contributed by atoms with Crippen molar-refractivity contribution in [3.63, 3.8) is 0 Å². The van der Waals surface area contributed by atoms with Crippen LogP contribution in [0.2, 0.25) is 0 Å². The average Bonchev–Trinajstić information content (AvgIpc) is 3.24. The summed E-state index contributed by atoms with van der Waals surface area (Å²) < 4.78 is 0. The van der Waals surface area contributed by atoms with E-state index < -0.39 is 17.9 Å². The summed E-state index contributed by atoms with van der Waals surface area (Å²) in [6, 6.07) is 7.05. The molecule has 0 radical (unpaired) electrons. The Morgan fingerprint density at radius 2 is 1.67 bits per heavy atom. The van der Waals surface area contributed by atoms with E-state index in [1.165, 1.54) is 0 Å². The Labute approximate surface area is 147 Å². The molecule has 6 nitrogen and oxygen atoms in total. The van der Waals surface area contributed by atoms with E-state index in [4.69, 9.17) is 5.73 Å². The molecule has 4 N–H and O–H groups in total. The SMILES string of the molecule is NC(=O)NN=C1CC(c2cccs2)C(C(=O)O)C(c2cccs2)C1. The molecule has 0 bridgehead atoms. The second kappa shape index (κ2) is 7.14. The lowest BCUT2D eigenvalue weighted by molar-refractivity contribution is -0.143. The first kappa shape index (κ1) is 16.7. The van der Waals surface area contributed by atoms with Gasteiger partial charge in [0.05, 0.1) is 5.92 Å². The largest absolute Gasteiger partial charge is 0.481 e. The molecule has 2 atom stereocenters. The van der Waals surface area contributed by atoms with Gasteiger partial charge in [0, 0.05) is 27.3 Å². The Bertz CT molecular complexity index is 694. The van der Waals surface area contributed by atoms with Crippen molar-refractivity contribution in [3.05, 3.63) is 44.8 Å². The van der Waals surface area contributed by atoms with Crippen LogP contribution in [-0.4, -0.2) is 22.8 Å². The molecule has 0 spiro atoms. The van der Waals surface area contributed by atoms with Crippen LogP contribution in [0.5, 0.6) is 0 Å². The quantitative estimate of drug-likeness (QED) is 0.726. The molecular formula is C16H17N3O3S2. The maximum absolute atomic E-state index is 12.0. The van der Waals surface area contributed by atoms with Crippen LogP contribution in [0.25, 0.3) is 0 Å². The minimum absolute atomic E-state index is 0.170. The molecule has 2 aromatic heterocycles. The van der Waals surface area contributed by atoms with Gasteiger partial charge in [0.15, 0.2) is 0 Å². The van der Waals surface area contributed by atoms with Crippen LogP contribution in [0.3, 0.4) is 0 Å². The van der Waals surface area contributed by atoms with Gasteiger partial charge in [-0.3, -0.25) is 4.79 Å². The lowest BCUT2D eigenvalue weighted by Gasteiger charge is -2.35. The average molecular weight is 363 g/mol. The molecule has 2 aromatic rings. The molecule has 2 heterocycles. The number of carboxylic acids is 1. The van der Waals surface area contributed by atoms with Gasteiger partial charge < -0.3 is 10.8 Å². The van der Waals surface area contributed by atoms with Gasteiger partial charge in [-0.15, -0.1) is 22.7 Å². The fourth-order valence-corrected chi connectivity index (χ4v) is 5.01. The lowest BCUT2D eigenvalue weighted by Crippen LogP contribution is -2.36. The molecule has 1 saturated carbocycles. The van der Waals surface area contributed by atoms with E-state index in [0.29, 0.717) is 12.8 Å². The maximum atomic E-state index is 12.0. The maximum Gasteiger partial charge on any atom is 0.332 e. The number of nitrogens with zero attached hydrogens (tertiary/aromatic N) is 1. The Morgan fingerprint density at radius 3 is 2.04 bits per heavy atom. The van der Waals surface area contributed by atoms with Gasteiger partial charge in [-0.2, -0.15) is 5.10 Å². The molecule has 0 aliphatic heterocycles. The summed E-state index contributed by atoms with van der Waals surface area (Å²) in [4.78, 5) is 25.0. The van der Waals surface area contributed by atoms with Gasteiger partial charge in [-0.25, -0.2) is 10.2 Å². The summed E-state index contributed by atoms with van der Waals surface area (Å²) in [6.45, 7) is 0. The topological polar surface area (TPSA) is 105 Å². The molecular weight excluding hydrogens is 346 g/mol. The molecule has 8 heteroatoms. The zero-order valence-corrected chi connectivity index (χ0v) is 14.3. The normalized spacial score (nSPS) is 23.7. The van der Waals surface area contributed by atoms with E-state index in [1.807, 2.05) is 35.0 Å². The summed E-state index contributed by atoms with van der Waals surface area (Å²) >= 11 is 3.10. The highest BCUT2D eigenvalue weighted by Crippen LogP contribution is 2.47. The first-order valence-corrected chi connectivity index (χ1v) is 9.22. The highest BCUT2D eigenvalue weighted by atomic mass is 32.1. The summed E-state index contributed by atoms with van der Waals surface area (Å²) in [5, 5.41) is 17.9. The van der Waals surface area contributed by atoms with E-state index in [0.717, 1.165) is 15.5 Å². The number of urea groups is 1. The van der Waals surface area contributed by atoms with Gasteiger partial charge in [0.25, 0.3) is 0 Å². The van der Waals surface area contributed by atoms with E-state index in [9.17, 15) is 14.7 Å². The number of carbonyl (C=O) groups excluding carboxylic acids is 1. The Kier molecular flexibility index (Phi) is 4.96. The predicted octanol–water partition coefficient (Wildman–Crippen LogP) is 3.20. The fraction of sp³-hybridized carbons (Fsp3) is 0.312. The van der Waals surface area contributed by atoms with Crippen LogP contribution in [-0.2, 0) is 4.79 Å². The number of carboxylic acid groups (broad SMARTS) is 1. The standard InChI is InChI=1S/C16H17N3O3S2/c17-16(22)19-18-9-7-10(12-3-1-5-23-12)14(15(20)21)11(8-9)13-4-2-6-24-13/h1-6,10-11,14H,7-8H2,(H,20,21)(H3,17,19,22). The van der Waals surface area contributed by atoms with Crippen molar-refractivity contribution in [1.29, 1.82) is 0 Å². The first-order valence-electron chi connectivity index (χ1n) is 7.46. The number of aliphatic carboxylic acids is 1.